The first-order valence-electron chi connectivity index (χ1n) is 18.2. The van der Waals surface area contributed by atoms with Crippen LogP contribution in [0.1, 0.15) is 54.3 Å². The largest absolute Gasteiger partial charge is 0.436 e. The van der Waals surface area contributed by atoms with E-state index in [1.54, 1.807) is 18.7 Å². The molecule has 0 bridgehead atoms. The smallest absolute Gasteiger partial charge is 0.335 e. The minimum Gasteiger partial charge on any atom is -0.436 e. The number of ether oxygens (including phenoxy) is 1. The summed E-state index contributed by atoms with van der Waals surface area (Å²) in [5, 5.41) is 2.52. The summed E-state index contributed by atoms with van der Waals surface area (Å²) in [6, 6.07) is 8.60. The highest BCUT2D eigenvalue weighted by Crippen LogP contribution is 2.32. The van der Waals surface area contributed by atoms with Crippen molar-refractivity contribution in [3.05, 3.63) is 104 Å². The average Bonchev–Trinajstić information content (AvgIpc) is 3.16. The summed E-state index contributed by atoms with van der Waals surface area (Å²) in [4.78, 5) is 70.7. The maximum absolute atomic E-state index is 15.5. The Morgan fingerprint density at radius 3 is 2.31 bits per heavy atom. The molecule has 3 aliphatic heterocycles. The lowest BCUT2D eigenvalue weighted by Gasteiger charge is -2.43. The lowest BCUT2D eigenvalue weighted by atomic mass is 10.0. The Labute approximate surface area is 310 Å². The summed E-state index contributed by atoms with van der Waals surface area (Å²) in [6.07, 6.45) is 4.82. The molecule has 16 heteroatoms. The number of fused-ring (bicyclic) bond motifs is 1. The van der Waals surface area contributed by atoms with E-state index >= 15 is 4.39 Å². The van der Waals surface area contributed by atoms with Crippen LogP contribution < -0.4 is 21.3 Å². The molecule has 0 saturated carbocycles. The summed E-state index contributed by atoms with van der Waals surface area (Å²) < 4.78 is 37.0. The Balaban J connectivity index is 1.01. The summed E-state index contributed by atoms with van der Waals surface area (Å²) in [7, 11) is 2.15. The van der Waals surface area contributed by atoms with E-state index in [0.717, 1.165) is 68.0 Å². The van der Waals surface area contributed by atoms with Crippen molar-refractivity contribution in [2.24, 2.45) is 0 Å². The van der Waals surface area contributed by atoms with E-state index in [4.69, 9.17) is 4.74 Å². The molecule has 2 fully saturated rings. The Morgan fingerprint density at radius 1 is 0.907 bits per heavy atom. The van der Waals surface area contributed by atoms with Crippen molar-refractivity contribution >= 4 is 17.6 Å². The second-order valence-corrected chi connectivity index (χ2v) is 14.3. The number of amides is 3. The number of hydrogen-bond acceptors (Lipinski definition) is 9. The number of likely N-dealkylation sites (tertiary alicyclic amines) is 1. The number of carbonyl (C=O) groups is 2. The number of anilines is 1. The summed E-state index contributed by atoms with van der Waals surface area (Å²) in [5.41, 5.74) is -0.550. The molecule has 3 aliphatic rings. The van der Waals surface area contributed by atoms with Gasteiger partial charge in [0.15, 0.2) is 11.6 Å². The van der Waals surface area contributed by atoms with Crippen molar-refractivity contribution in [1.29, 1.82) is 0 Å². The first-order chi connectivity index (χ1) is 26.0. The first-order valence-corrected chi connectivity index (χ1v) is 18.2. The molecule has 2 saturated heterocycles. The molecule has 284 valence electrons. The van der Waals surface area contributed by atoms with Crippen LogP contribution in [0.25, 0.3) is 5.69 Å². The zero-order valence-corrected chi connectivity index (χ0v) is 30.5. The molecule has 54 heavy (non-hydrogen) atoms. The van der Waals surface area contributed by atoms with Gasteiger partial charge < -0.3 is 24.8 Å². The molecule has 14 nitrogen and oxygen atoms in total. The first kappa shape index (κ1) is 36.9. The standard InChI is InChI=1S/C38H43F2N9O5/c1-24(2)48-21-30(36(51)49(38(48)53)28-7-4-25(39)5-8-28)34(50)43-26-6-9-33(31(40)20-26)54-35-29-12-15-47(22-32(29)41-23-42-35)37(52)46-13-10-27(11-14-46)45-18-16-44(3)17-19-45/h4-9,20-21,23-24,27H,10-19,22H2,1-3H3,(H,43,50). The number of piperazine rings is 1. The van der Waals surface area contributed by atoms with Gasteiger partial charge in [0.25, 0.3) is 11.5 Å². The van der Waals surface area contributed by atoms with Gasteiger partial charge in [0.1, 0.15) is 17.7 Å². The van der Waals surface area contributed by atoms with E-state index in [1.165, 1.54) is 35.2 Å². The number of benzene rings is 2. The number of carbonyl (C=O) groups excluding carboxylic acids is 2. The highest BCUT2D eigenvalue weighted by Gasteiger charge is 2.33. The fourth-order valence-electron chi connectivity index (χ4n) is 7.26. The van der Waals surface area contributed by atoms with Crippen molar-refractivity contribution < 1.29 is 23.1 Å². The van der Waals surface area contributed by atoms with Crippen molar-refractivity contribution in [2.75, 3.05) is 58.2 Å². The highest BCUT2D eigenvalue weighted by molar-refractivity contribution is 6.03. The summed E-state index contributed by atoms with van der Waals surface area (Å²) in [5.74, 6) is -2.21. The second-order valence-electron chi connectivity index (χ2n) is 14.3. The van der Waals surface area contributed by atoms with Crippen LogP contribution in [0.3, 0.4) is 0 Å². The third-order valence-electron chi connectivity index (χ3n) is 10.4. The van der Waals surface area contributed by atoms with Gasteiger partial charge in [-0.05, 0) is 76.6 Å². The van der Waals surface area contributed by atoms with E-state index in [-0.39, 0.29) is 41.1 Å². The average molecular weight is 744 g/mol. The number of rotatable bonds is 7. The van der Waals surface area contributed by atoms with E-state index < -0.39 is 34.8 Å². The lowest BCUT2D eigenvalue weighted by molar-refractivity contribution is 0.0674. The molecule has 0 aliphatic carbocycles. The monoisotopic (exact) mass is 743 g/mol. The predicted octanol–water partition coefficient (Wildman–Crippen LogP) is 3.88. The molecule has 5 heterocycles. The van der Waals surface area contributed by atoms with E-state index in [0.29, 0.717) is 43.4 Å². The number of halogens is 2. The maximum atomic E-state index is 15.5. The van der Waals surface area contributed by atoms with Crippen LogP contribution in [0.2, 0.25) is 0 Å². The van der Waals surface area contributed by atoms with Crippen LogP contribution in [0.5, 0.6) is 11.6 Å². The molecule has 0 radical (unpaired) electrons. The van der Waals surface area contributed by atoms with Crippen molar-refractivity contribution in [2.45, 2.75) is 51.7 Å². The minimum atomic E-state index is -0.916. The number of nitrogens with one attached hydrogen (secondary N) is 1. The van der Waals surface area contributed by atoms with E-state index in [1.807, 2.05) is 4.90 Å². The molecule has 0 spiro atoms. The number of hydrogen-bond donors (Lipinski definition) is 1. The SMILES string of the molecule is CC(C)n1cc(C(=O)Nc2ccc(Oc3ncnc4c3CCN(C(=O)N3CCC(N5CCN(C)CC5)CC3)C4)c(F)c2)c(=O)n(-c2ccc(F)cc2)c1=O. The van der Waals surface area contributed by atoms with Crippen molar-refractivity contribution in [3.63, 3.8) is 0 Å². The Hall–Kier alpha value is -5.48. The third kappa shape index (κ3) is 7.61. The second kappa shape index (κ2) is 15.5. The van der Waals surface area contributed by atoms with Gasteiger partial charge in [0.2, 0.25) is 5.88 Å². The van der Waals surface area contributed by atoms with Crippen LogP contribution >= 0.6 is 0 Å². The maximum Gasteiger partial charge on any atom is 0.335 e. The van der Waals surface area contributed by atoms with E-state index in [2.05, 4.69) is 32.1 Å². The zero-order valence-electron chi connectivity index (χ0n) is 30.5. The quantitative estimate of drug-likeness (QED) is 0.299. The van der Waals surface area contributed by atoms with Crippen LogP contribution in [0.15, 0.2) is 64.6 Å². The van der Waals surface area contributed by atoms with Gasteiger partial charge in [0, 0.05) is 81.4 Å². The summed E-state index contributed by atoms with van der Waals surface area (Å²) in [6.45, 7) is 9.84. The number of nitrogens with zero attached hydrogens (tertiary/aromatic N) is 8. The van der Waals surface area contributed by atoms with Crippen LogP contribution in [-0.2, 0) is 13.0 Å². The number of likely N-dealkylation sites (N-methyl/N-ethyl adjacent to an activating group) is 1. The van der Waals surface area contributed by atoms with Gasteiger partial charge in [-0.2, -0.15) is 0 Å². The fraction of sp³-hybridized carbons (Fsp3) is 0.421. The molecular weight excluding hydrogens is 700 g/mol. The van der Waals surface area contributed by atoms with Gasteiger partial charge in [-0.1, -0.05) is 0 Å². The van der Waals surface area contributed by atoms with Gasteiger partial charge in [-0.25, -0.2) is 32.9 Å². The van der Waals surface area contributed by atoms with Crippen LogP contribution in [0.4, 0.5) is 19.3 Å². The normalized spacial score (nSPS) is 17.1. The molecule has 3 amide bonds. The summed E-state index contributed by atoms with van der Waals surface area (Å²) >= 11 is 0. The molecular formula is C38H43F2N9O5. The van der Waals surface area contributed by atoms with Gasteiger partial charge in [-0.3, -0.25) is 19.1 Å². The topological polar surface area (TPSA) is 138 Å². The Kier molecular flexibility index (Phi) is 10.6. The van der Waals surface area contributed by atoms with Crippen LogP contribution in [0, 0.1) is 11.6 Å². The van der Waals surface area contributed by atoms with E-state index in [9.17, 15) is 23.6 Å². The molecule has 1 N–H and O–H groups in total. The van der Waals surface area contributed by atoms with Gasteiger partial charge >= 0.3 is 11.7 Å². The Morgan fingerprint density at radius 2 is 1.63 bits per heavy atom. The van der Waals surface area contributed by atoms with Crippen LogP contribution in [-0.4, -0.2) is 110 Å². The van der Waals surface area contributed by atoms with Crippen molar-refractivity contribution in [1.82, 2.24) is 38.7 Å². The zero-order chi connectivity index (χ0) is 38.1. The van der Waals surface area contributed by atoms with Crippen molar-refractivity contribution in [3.8, 4) is 17.3 Å². The Bertz CT molecular complexity index is 2160. The predicted molar refractivity (Wildman–Crippen MR) is 196 cm³/mol. The van der Waals surface area contributed by atoms with Gasteiger partial charge in [0.05, 0.1) is 17.9 Å². The molecule has 2 aromatic heterocycles. The molecule has 0 atom stereocenters. The number of urea groups is 1. The minimum absolute atomic E-state index is 0.0143. The third-order valence-corrected chi connectivity index (χ3v) is 10.4. The molecule has 0 unspecified atom stereocenters. The highest BCUT2D eigenvalue weighted by atomic mass is 19.1. The number of aromatic nitrogens is 4. The van der Waals surface area contributed by atoms with Gasteiger partial charge in [-0.15, -0.1) is 0 Å². The number of piperidine rings is 1. The molecule has 2 aromatic carbocycles. The fourth-order valence-corrected chi connectivity index (χ4v) is 7.26. The molecule has 7 rings (SSSR count). The lowest BCUT2D eigenvalue weighted by Crippen LogP contribution is -2.54. The molecule has 4 aromatic rings.